The summed E-state index contributed by atoms with van der Waals surface area (Å²) in [6, 6.07) is 0. The molecular formula is C8H13NO3. The van der Waals surface area contributed by atoms with Crippen LogP contribution in [0.25, 0.3) is 0 Å². The Morgan fingerprint density at radius 2 is 2.25 bits per heavy atom. The van der Waals surface area contributed by atoms with Crippen molar-refractivity contribution in [2.75, 3.05) is 6.54 Å². The van der Waals surface area contributed by atoms with Crippen LogP contribution in [0.2, 0.25) is 0 Å². The molecule has 0 saturated carbocycles. The molecule has 1 fully saturated rings. The van der Waals surface area contributed by atoms with Crippen LogP contribution in [0.15, 0.2) is 0 Å². The van der Waals surface area contributed by atoms with Crippen molar-refractivity contribution in [1.29, 1.82) is 0 Å². The quantitative estimate of drug-likeness (QED) is 0.594. The van der Waals surface area contributed by atoms with E-state index in [1.807, 2.05) is 0 Å². The minimum Gasteiger partial charge on any atom is -0.446 e. The highest BCUT2D eigenvalue weighted by Gasteiger charge is 2.27. The van der Waals surface area contributed by atoms with E-state index in [0.29, 0.717) is 13.0 Å². The fourth-order valence-electron chi connectivity index (χ4n) is 1.11. The second-order valence-electron chi connectivity index (χ2n) is 3.08. The molecule has 68 valence electrons. The third kappa shape index (κ3) is 1.96. The van der Waals surface area contributed by atoms with Crippen LogP contribution < -0.4 is 0 Å². The second-order valence-corrected chi connectivity index (χ2v) is 3.08. The van der Waals surface area contributed by atoms with Crippen molar-refractivity contribution < 1.29 is 14.3 Å². The minimum atomic E-state index is -0.507. The first-order valence-corrected chi connectivity index (χ1v) is 4.12. The van der Waals surface area contributed by atoms with Crippen LogP contribution in [-0.2, 0) is 9.53 Å². The van der Waals surface area contributed by atoms with Gasteiger partial charge in [-0.15, -0.1) is 0 Å². The number of hydrogen-bond donors (Lipinski definition) is 0. The van der Waals surface area contributed by atoms with Gasteiger partial charge >= 0.3 is 6.09 Å². The molecule has 4 heteroatoms. The molecule has 1 aliphatic rings. The Morgan fingerprint density at radius 3 is 2.67 bits per heavy atom. The highest BCUT2D eigenvalue weighted by molar-refractivity contribution is 5.93. The topological polar surface area (TPSA) is 46.6 Å². The van der Waals surface area contributed by atoms with Crippen molar-refractivity contribution in [3.8, 4) is 0 Å². The molecular weight excluding hydrogens is 158 g/mol. The van der Waals surface area contributed by atoms with Crippen molar-refractivity contribution >= 4 is 12.0 Å². The molecule has 0 radical (unpaired) electrons. The van der Waals surface area contributed by atoms with Crippen LogP contribution >= 0.6 is 0 Å². The van der Waals surface area contributed by atoms with Crippen LogP contribution in [0.5, 0.6) is 0 Å². The summed E-state index contributed by atoms with van der Waals surface area (Å²) in [7, 11) is 0. The highest BCUT2D eigenvalue weighted by Crippen LogP contribution is 2.11. The average Bonchev–Trinajstić information content (AvgIpc) is 2.33. The maximum atomic E-state index is 11.1. The van der Waals surface area contributed by atoms with Gasteiger partial charge in [0.1, 0.15) is 0 Å². The number of hydrogen-bond acceptors (Lipinski definition) is 3. The number of rotatable bonds is 1. The van der Waals surface area contributed by atoms with E-state index < -0.39 is 6.09 Å². The Kier molecular flexibility index (Phi) is 2.68. The van der Waals surface area contributed by atoms with Crippen LogP contribution in [0.3, 0.4) is 0 Å². The number of imide groups is 1. The summed E-state index contributed by atoms with van der Waals surface area (Å²) in [5.74, 6) is -0.124. The van der Waals surface area contributed by atoms with Crippen LogP contribution in [-0.4, -0.2) is 29.5 Å². The highest BCUT2D eigenvalue weighted by atomic mass is 16.6. The summed E-state index contributed by atoms with van der Waals surface area (Å²) in [5.41, 5.74) is 0. The first-order chi connectivity index (χ1) is 5.61. The van der Waals surface area contributed by atoms with Crippen molar-refractivity contribution in [3.63, 3.8) is 0 Å². The molecule has 2 amide bonds. The van der Waals surface area contributed by atoms with E-state index in [1.165, 1.54) is 4.90 Å². The summed E-state index contributed by atoms with van der Waals surface area (Å²) in [6.07, 6.45) is 0.553. The lowest BCUT2D eigenvalue weighted by atomic mass is 10.4. The summed E-state index contributed by atoms with van der Waals surface area (Å²) in [5, 5.41) is 0. The number of ether oxygens (including phenoxy) is 1. The maximum absolute atomic E-state index is 11.1. The van der Waals surface area contributed by atoms with Crippen molar-refractivity contribution in [1.82, 2.24) is 4.90 Å². The first kappa shape index (κ1) is 9.03. The molecule has 4 nitrogen and oxygen atoms in total. The smallest absolute Gasteiger partial charge is 0.416 e. The van der Waals surface area contributed by atoms with Gasteiger partial charge in [0, 0.05) is 13.0 Å². The van der Waals surface area contributed by atoms with Crippen molar-refractivity contribution in [2.45, 2.75) is 32.8 Å². The Balaban J connectivity index is 2.46. The van der Waals surface area contributed by atoms with Crippen molar-refractivity contribution in [3.05, 3.63) is 0 Å². The standard InChI is InChI=1S/C8H13NO3/c1-6(2)12-8(11)9-5-3-4-7(9)10/h6H,3-5H2,1-2H3. The molecule has 0 spiro atoms. The number of amides is 2. The fourth-order valence-corrected chi connectivity index (χ4v) is 1.11. The third-order valence-electron chi connectivity index (χ3n) is 1.63. The van der Waals surface area contributed by atoms with E-state index in [1.54, 1.807) is 13.8 Å². The lowest BCUT2D eigenvalue weighted by Crippen LogP contribution is -2.33. The zero-order chi connectivity index (χ0) is 9.14. The molecule has 1 rings (SSSR count). The molecule has 0 aromatic carbocycles. The molecule has 0 unspecified atom stereocenters. The lowest BCUT2D eigenvalue weighted by Gasteiger charge is -2.15. The van der Waals surface area contributed by atoms with Gasteiger partial charge in [-0.25, -0.2) is 9.69 Å². The number of nitrogens with zero attached hydrogens (tertiary/aromatic N) is 1. The van der Waals surface area contributed by atoms with Crippen LogP contribution in [0.1, 0.15) is 26.7 Å². The van der Waals surface area contributed by atoms with Gasteiger partial charge in [-0.05, 0) is 20.3 Å². The molecule has 0 aromatic heterocycles. The molecule has 1 heterocycles. The van der Waals surface area contributed by atoms with E-state index in [0.717, 1.165) is 6.42 Å². The van der Waals surface area contributed by atoms with Gasteiger partial charge in [-0.2, -0.15) is 0 Å². The molecule has 1 saturated heterocycles. The van der Waals surface area contributed by atoms with E-state index in [4.69, 9.17) is 4.74 Å². The molecule has 0 bridgehead atoms. The Labute approximate surface area is 71.5 Å². The van der Waals surface area contributed by atoms with E-state index in [-0.39, 0.29) is 12.0 Å². The van der Waals surface area contributed by atoms with Crippen LogP contribution in [0, 0.1) is 0 Å². The number of carbonyl (C=O) groups excluding carboxylic acids is 2. The largest absolute Gasteiger partial charge is 0.446 e. The maximum Gasteiger partial charge on any atom is 0.416 e. The molecule has 0 aliphatic carbocycles. The van der Waals surface area contributed by atoms with E-state index in [2.05, 4.69) is 0 Å². The lowest BCUT2D eigenvalue weighted by molar-refractivity contribution is -0.126. The molecule has 1 aliphatic heterocycles. The van der Waals surface area contributed by atoms with Crippen LogP contribution in [0.4, 0.5) is 4.79 Å². The molecule has 0 atom stereocenters. The molecule has 12 heavy (non-hydrogen) atoms. The zero-order valence-electron chi connectivity index (χ0n) is 7.37. The van der Waals surface area contributed by atoms with Gasteiger partial charge in [0.15, 0.2) is 0 Å². The average molecular weight is 171 g/mol. The fraction of sp³-hybridized carbons (Fsp3) is 0.750. The van der Waals surface area contributed by atoms with E-state index >= 15 is 0 Å². The third-order valence-corrected chi connectivity index (χ3v) is 1.63. The first-order valence-electron chi connectivity index (χ1n) is 4.12. The van der Waals surface area contributed by atoms with Gasteiger partial charge in [0.05, 0.1) is 6.10 Å². The van der Waals surface area contributed by atoms with E-state index in [9.17, 15) is 9.59 Å². The summed E-state index contributed by atoms with van der Waals surface area (Å²) in [4.78, 5) is 23.3. The SMILES string of the molecule is CC(C)OC(=O)N1CCCC1=O. The number of carbonyl (C=O) groups is 2. The molecule has 0 N–H and O–H groups in total. The Bertz CT molecular complexity index is 200. The zero-order valence-corrected chi connectivity index (χ0v) is 7.37. The monoisotopic (exact) mass is 171 g/mol. The number of likely N-dealkylation sites (tertiary alicyclic amines) is 1. The summed E-state index contributed by atoms with van der Waals surface area (Å²) < 4.78 is 4.87. The van der Waals surface area contributed by atoms with Gasteiger partial charge < -0.3 is 4.74 Å². The van der Waals surface area contributed by atoms with Gasteiger partial charge in [-0.1, -0.05) is 0 Å². The summed E-state index contributed by atoms with van der Waals surface area (Å²) >= 11 is 0. The predicted octanol–water partition coefficient (Wildman–Crippen LogP) is 1.15. The molecule has 0 aromatic rings. The second kappa shape index (κ2) is 3.56. The Hall–Kier alpha value is -1.06. The van der Waals surface area contributed by atoms with Gasteiger partial charge in [-0.3, -0.25) is 4.79 Å². The Morgan fingerprint density at radius 1 is 1.58 bits per heavy atom. The summed E-state index contributed by atoms with van der Waals surface area (Å²) in [6.45, 7) is 4.03. The normalized spacial score (nSPS) is 17.2. The minimum absolute atomic E-state index is 0.124. The van der Waals surface area contributed by atoms with Gasteiger partial charge in [0.2, 0.25) is 5.91 Å². The van der Waals surface area contributed by atoms with Crippen molar-refractivity contribution in [2.24, 2.45) is 0 Å². The van der Waals surface area contributed by atoms with Gasteiger partial charge in [0.25, 0.3) is 0 Å². The predicted molar refractivity (Wildman–Crippen MR) is 42.6 cm³/mol.